The van der Waals surface area contributed by atoms with Gasteiger partial charge in [0.15, 0.2) is 12.6 Å². The first-order valence-electron chi connectivity index (χ1n) is 16.1. The number of ether oxygens (including phenoxy) is 4. The summed E-state index contributed by atoms with van der Waals surface area (Å²) in [5.74, 6) is 0.515. The van der Waals surface area contributed by atoms with Gasteiger partial charge in [0, 0.05) is 50.7 Å². The van der Waals surface area contributed by atoms with Crippen LogP contribution in [0.2, 0.25) is 5.02 Å². The molecule has 1 aromatic heterocycles. The van der Waals surface area contributed by atoms with Crippen molar-refractivity contribution in [2.45, 2.75) is 50.7 Å². The van der Waals surface area contributed by atoms with Gasteiger partial charge in [-0.3, -0.25) is 4.90 Å². The summed E-state index contributed by atoms with van der Waals surface area (Å²) in [4.78, 5) is 13.8. The van der Waals surface area contributed by atoms with Crippen molar-refractivity contribution in [1.29, 1.82) is 0 Å². The number of aryl methyl sites for hydroxylation is 1. The van der Waals surface area contributed by atoms with Crippen LogP contribution in [0.15, 0.2) is 36.4 Å². The highest BCUT2D eigenvalue weighted by Crippen LogP contribution is 2.44. The molecule has 0 radical (unpaired) electrons. The highest BCUT2D eigenvalue weighted by atomic mass is 35.5. The van der Waals surface area contributed by atoms with Crippen LogP contribution in [0, 0.1) is 5.82 Å². The van der Waals surface area contributed by atoms with Gasteiger partial charge in [-0.15, -0.1) is 0 Å². The van der Waals surface area contributed by atoms with Crippen molar-refractivity contribution in [1.82, 2.24) is 14.9 Å². The fourth-order valence-electron chi connectivity index (χ4n) is 7.50. The van der Waals surface area contributed by atoms with Gasteiger partial charge in [-0.05, 0) is 72.3 Å². The van der Waals surface area contributed by atoms with Gasteiger partial charge in [-0.1, -0.05) is 36.7 Å². The molecule has 3 aliphatic rings. The number of aromatic nitrogens is 2. The number of anilines is 1. The lowest BCUT2D eigenvalue weighted by atomic mass is 9.92. The third kappa shape index (κ3) is 5.74. The Bertz CT molecular complexity index is 1750. The summed E-state index contributed by atoms with van der Waals surface area (Å²) in [5, 5.41) is 2.54. The van der Waals surface area contributed by atoms with Crippen molar-refractivity contribution in [2.75, 3.05) is 64.8 Å². The number of alkyl halides is 1. The van der Waals surface area contributed by atoms with Crippen LogP contribution in [0.25, 0.3) is 32.8 Å². The minimum atomic E-state index is -0.886. The van der Waals surface area contributed by atoms with Gasteiger partial charge in [0.25, 0.3) is 0 Å². The average molecular weight is 653 g/mol. The van der Waals surface area contributed by atoms with Gasteiger partial charge in [0.1, 0.15) is 29.9 Å². The normalized spacial score (nSPS) is 22.0. The summed E-state index contributed by atoms with van der Waals surface area (Å²) in [7, 11) is 1.55. The minimum Gasteiger partial charge on any atom is -0.468 e. The van der Waals surface area contributed by atoms with Crippen LogP contribution < -0.4 is 14.4 Å². The van der Waals surface area contributed by atoms with Crippen LogP contribution >= 0.6 is 11.6 Å². The molecule has 0 spiro atoms. The van der Waals surface area contributed by atoms with E-state index in [1.54, 1.807) is 13.2 Å². The number of nitrogens with zero attached hydrogens (tertiary/aromatic N) is 4. The monoisotopic (exact) mass is 652 g/mol. The smallest absolute Gasteiger partial charge is 0.319 e. The van der Waals surface area contributed by atoms with Crippen LogP contribution in [-0.4, -0.2) is 86.5 Å². The Hall–Kier alpha value is -3.31. The highest BCUT2D eigenvalue weighted by molar-refractivity contribution is 6.35. The van der Waals surface area contributed by atoms with Gasteiger partial charge in [-0.25, -0.2) is 8.78 Å². The Morgan fingerprint density at radius 2 is 1.98 bits per heavy atom. The van der Waals surface area contributed by atoms with Gasteiger partial charge in [0.05, 0.1) is 17.2 Å². The summed E-state index contributed by atoms with van der Waals surface area (Å²) in [6.07, 6.45) is 2.91. The number of benzene rings is 3. The molecule has 4 heterocycles. The van der Waals surface area contributed by atoms with E-state index >= 15 is 4.39 Å². The number of halogens is 3. The molecule has 2 atom stereocenters. The predicted octanol–water partition coefficient (Wildman–Crippen LogP) is 6.97. The molecular weight excluding hydrogens is 614 g/mol. The van der Waals surface area contributed by atoms with E-state index in [1.165, 1.54) is 0 Å². The van der Waals surface area contributed by atoms with E-state index in [0.717, 1.165) is 48.6 Å². The number of rotatable bonds is 9. The van der Waals surface area contributed by atoms with Crippen molar-refractivity contribution >= 4 is 39.1 Å². The maximum Gasteiger partial charge on any atom is 0.319 e. The van der Waals surface area contributed by atoms with E-state index in [9.17, 15) is 4.39 Å². The molecule has 3 saturated heterocycles. The zero-order chi connectivity index (χ0) is 31.8. The Balaban J connectivity index is 1.39. The zero-order valence-corrected chi connectivity index (χ0v) is 27.0. The highest BCUT2D eigenvalue weighted by Gasteiger charge is 2.49. The van der Waals surface area contributed by atoms with E-state index in [4.69, 9.17) is 35.5 Å². The molecule has 0 aliphatic carbocycles. The molecular formula is C35H39ClF2N4O4. The number of hydrogen-bond donors (Lipinski definition) is 0. The van der Waals surface area contributed by atoms with E-state index in [1.807, 2.05) is 30.3 Å². The van der Waals surface area contributed by atoms with Crippen molar-refractivity contribution in [3.8, 4) is 22.9 Å². The van der Waals surface area contributed by atoms with Crippen molar-refractivity contribution in [3.05, 3.63) is 52.8 Å². The number of fused-ring (bicyclic) bond motifs is 3. The SMILES string of the molecule is CCc1cccc2cc(OCOC)cc(-c3c(Cl)cc4c(N5CCCOCC5)nc(OC[C@@]56CCCN5C[C@H](F)C6)nc4c3F)c12. The molecule has 46 heavy (non-hydrogen) atoms. The molecule has 0 N–H and O–H groups in total. The van der Waals surface area contributed by atoms with Crippen LogP contribution in [0.1, 0.15) is 38.2 Å². The molecule has 0 saturated carbocycles. The Kier molecular flexibility index (Phi) is 8.89. The fourth-order valence-corrected chi connectivity index (χ4v) is 7.79. The summed E-state index contributed by atoms with van der Waals surface area (Å²) in [5.41, 5.74) is 1.62. The van der Waals surface area contributed by atoms with E-state index < -0.39 is 17.5 Å². The molecule has 3 aliphatic heterocycles. The zero-order valence-electron chi connectivity index (χ0n) is 26.3. The number of hydrogen-bond acceptors (Lipinski definition) is 8. The van der Waals surface area contributed by atoms with Crippen LogP contribution in [0.5, 0.6) is 11.8 Å². The second-order valence-electron chi connectivity index (χ2n) is 12.5. The minimum absolute atomic E-state index is 0.0469. The predicted molar refractivity (Wildman–Crippen MR) is 176 cm³/mol. The molecule has 11 heteroatoms. The molecule has 0 amide bonds. The van der Waals surface area contributed by atoms with Gasteiger partial charge in [0.2, 0.25) is 0 Å². The molecule has 0 bridgehead atoms. The van der Waals surface area contributed by atoms with Crippen LogP contribution in [-0.2, 0) is 15.9 Å². The topological polar surface area (TPSA) is 69.2 Å². The largest absolute Gasteiger partial charge is 0.468 e. The summed E-state index contributed by atoms with van der Waals surface area (Å²) in [6, 6.07) is 11.6. The van der Waals surface area contributed by atoms with Gasteiger partial charge >= 0.3 is 6.01 Å². The third-order valence-corrected chi connectivity index (χ3v) is 9.92. The Morgan fingerprint density at radius 1 is 1.09 bits per heavy atom. The average Bonchev–Trinajstić information content (AvgIpc) is 3.44. The maximum atomic E-state index is 17.2. The summed E-state index contributed by atoms with van der Waals surface area (Å²) >= 11 is 7.02. The first-order chi connectivity index (χ1) is 22.4. The second-order valence-corrected chi connectivity index (χ2v) is 12.9. The molecule has 4 aromatic rings. The molecule has 3 aromatic carbocycles. The van der Waals surface area contributed by atoms with Gasteiger partial charge < -0.3 is 23.8 Å². The Morgan fingerprint density at radius 3 is 2.83 bits per heavy atom. The molecule has 0 unspecified atom stereocenters. The summed E-state index contributed by atoms with van der Waals surface area (Å²) < 4.78 is 54.7. The first kappa shape index (κ1) is 31.3. The van der Waals surface area contributed by atoms with Crippen molar-refractivity contribution in [3.63, 3.8) is 0 Å². The van der Waals surface area contributed by atoms with Crippen LogP contribution in [0.3, 0.4) is 0 Å². The van der Waals surface area contributed by atoms with Gasteiger partial charge in [-0.2, -0.15) is 9.97 Å². The number of methoxy groups -OCH3 is 1. The lowest BCUT2D eigenvalue weighted by Gasteiger charge is -2.31. The first-order valence-corrected chi connectivity index (χ1v) is 16.5. The van der Waals surface area contributed by atoms with E-state index in [-0.39, 0.29) is 35.5 Å². The quantitative estimate of drug-likeness (QED) is 0.180. The lowest BCUT2D eigenvalue weighted by Crippen LogP contribution is -2.43. The van der Waals surface area contributed by atoms with Crippen molar-refractivity contribution < 1.29 is 27.7 Å². The van der Waals surface area contributed by atoms with E-state index in [2.05, 4.69) is 21.7 Å². The van der Waals surface area contributed by atoms with Crippen LogP contribution in [0.4, 0.5) is 14.6 Å². The molecule has 3 fully saturated rings. The molecule has 8 nitrogen and oxygen atoms in total. The molecule has 7 rings (SSSR count). The Labute approximate surface area is 272 Å². The second kappa shape index (κ2) is 13.1. The third-order valence-electron chi connectivity index (χ3n) is 9.63. The van der Waals surface area contributed by atoms with E-state index in [0.29, 0.717) is 61.8 Å². The van der Waals surface area contributed by atoms with Crippen molar-refractivity contribution in [2.24, 2.45) is 0 Å². The molecule has 244 valence electrons. The summed E-state index contributed by atoms with van der Waals surface area (Å²) in [6.45, 7) is 6.04. The standard InChI is InChI=1S/C35H39ClF2N4O4/c1-3-22-7-4-8-23-15-25(46-21-43-2)16-26(29(22)23)30-28(36)17-27-32(31(30)38)39-34(40-33(27)41-10-6-13-44-14-12-41)45-20-35-9-5-11-42(35)19-24(37)18-35/h4,7-8,15-17,24H,3,5-6,9-14,18-21H2,1-2H3/t24-,35+/m1/s1. The maximum absolute atomic E-state index is 17.2. The fraction of sp³-hybridized carbons (Fsp3) is 0.486. The lowest BCUT2D eigenvalue weighted by molar-refractivity contribution is 0.0512.